The molecule has 40 heavy (non-hydrogen) atoms. The summed E-state index contributed by atoms with van der Waals surface area (Å²) in [5.74, 6) is 0. The topological polar surface area (TPSA) is 4.93 Å². The van der Waals surface area contributed by atoms with Crippen molar-refractivity contribution in [2.24, 2.45) is 0 Å². The summed E-state index contributed by atoms with van der Waals surface area (Å²) in [5.41, 5.74) is 9.20. The molecule has 0 bridgehead atoms. The Morgan fingerprint density at radius 2 is 1.20 bits per heavy atom. The highest BCUT2D eigenvalue weighted by Gasteiger charge is 2.35. The second-order valence-electron chi connectivity index (χ2n) is 11.8. The fourth-order valence-electron chi connectivity index (χ4n) is 7.47. The Bertz CT molecular complexity index is 2350. The summed E-state index contributed by atoms with van der Waals surface area (Å²) >= 11 is 0. The molecule has 0 fully saturated rings. The maximum absolute atomic E-state index is 2.52. The summed E-state index contributed by atoms with van der Waals surface area (Å²) in [6.07, 6.45) is 0. The van der Waals surface area contributed by atoms with Crippen LogP contribution in [-0.2, 0) is 5.41 Å². The van der Waals surface area contributed by atoms with E-state index in [9.17, 15) is 0 Å². The normalized spacial score (nSPS) is 13.9. The van der Waals surface area contributed by atoms with Gasteiger partial charge in [-0.25, -0.2) is 0 Å². The average molecular weight is 510 g/mol. The lowest BCUT2D eigenvalue weighted by Crippen LogP contribution is -2.23. The molecule has 1 aliphatic carbocycles. The van der Waals surface area contributed by atoms with Crippen molar-refractivity contribution in [1.82, 2.24) is 4.57 Å². The van der Waals surface area contributed by atoms with Crippen molar-refractivity contribution >= 4 is 54.1 Å². The molecule has 0 amide bonds. The van der Waals surface area contributed by atoms with Crippen molar-refractivity contribution in [1.29, 1.82) is 0 Å². The van der Waals surface area contributed by atoms with Crippen LogP contribution in [0.2, 0.25) is 0 Å². The van der Waals surface area contributed by atoms with Crippen molar-refractivity contribution in [3.63, 3.8) is 0 Å². The highest BCUT2D eigenvalue weighted by atomic mass is 15.0. The molecular weight excluding hydrogens is 482 g/mol. The van der Waals surface area contributed by atoms with Crippen LogP contribution in [0.3, 0.4) is 0 Å². The molecule has 1 aromatic heterocycles. The van der Waals surface area contributed by atoms with E-state index in [1.54, 1.807) is 0 Å². The smallest absolute Gasteiger partial charge is 0.0619 e. The summed E-state index contributed by atoms with van der Waals surface area (Å²) in [4.78, 5) is 0. The first-order chi connectivity index (χ1) is 19.6. The first-order valence-electron chi connectivity index (χ1n) is 14.1. The zero-order valence-electron chi connectivity index (χ0n) is 22.6. The lowest BCUT2D eigenvalue weighted by Gasteiger charge is -2.35. The van der Waals surface area contributed by atoms with E-state index < -0.39 is 0 Å². The lowest BCUT2D eigenvalue weighted by molar-refractivity contribution is 0.645. The predicted molar refractivity (Wildman–Crippen MR) is 171 cm³/mol. The molecule has 1 heteroatoms. The van der Waals surface area contributed by atoms with Crippen molar-refractivity contribution in [3.8, 4) is 16.8 Å². The van der Waals surface area contributed by atoms with Gasteiger partial charge < -0.3 is 4.57 Å². The fraction of sp³-hybridized carbons (Fsp3) is 0.0769. The number of fused-ring (bicyclic) bond motifs is 9. The molecule has 0 saturated heterocycles. The fourth-order valence-corrected chi connectivity index (χ4v) is 7.47. The molecule has 1 heterocycles. The molecule has 1 aliphatic rings. The maximum Gasteiger partial charge on any atom is 0.0619 e. The van der Waals surface area contributed by atoms with Crippen LogP contribution in [-0.4, -0.2) is 4.57 Å². The molecule has 9 rings (SSSR count). The number of nitrogens with zero attached hydrogens (tertiary/aromatic N) is 1. The quantitative estimate of drug-likeness (QED) is 0.207. The molecule has 7 aromatic carbocycles. The van der Waals surface area contributed by atoms with Crippen molar-refractivity contribution in [2.45, 2.75) is 19.3 Å². The molecule has 0 N–H and O–H groups in total. The predicted octanol–water partition coefficient (Wildman–Crippen LogP) is 10.5. The molecular formula is C39H27N. The molecule has 0 atom stereocenters. The van der Waals surface area contributed by atoms with Gasteiger partial charge in [0.15, 0.2) is 0 Å². The third kappa shape index (κ3) is 2.72. The molecule has 0 aliphatic heterocycles. The van der Waals surface area contributed by atoms with Crippen LogP contribution in [0.25, 0.3) is 70.9 Å². The highest BCUT2D eigenvalue weighted by molar-refractivity contribution is 6.28. The monoisotopic (exact) mass is 509 g/mol. The molecule has 0 saturated carbocycles. The zero-order chi connectivity index (χ0) is 26.6. The number of hydrogen-bond acceptors (Lipinski definition) is 0. The number of aromatic nitrogens is 1. The van der Waals surface area contributed by atoms with E-state index in [4.69, 9.17) is 0 Å². The Morgan fingerprint density at radius 3 is 2.10 bits per heavy atom. The first-order valence-corrected chi connectivity index (χ1v) is 14.1. The van der Waals surface area contributed by atoms with Gasteiger partial charge >= 0.3 is 0 Å². The molecule has 1 nitrogen and oxygen atoms in total. The lowest BCUT2D eigenvalue weighted by atomic mass is 9.68. The minimum Gasteiger partial charge on any atom is -0.309 e. The third-order valence-electron chi connectivity index (χ3n) is 9.31. The van der Waals surface area contributed by atoms with Crippen LogP contribution in [0, 0.1) is 0 Å². The van der Waals surface area contributed by atoms with Crippen LogP contribution in [0.15, 0.2) is 127 Å². The first kappa shape index (κ1) is 22.0. The Balaban J connectivity index is 1.57. The van der Waals surface area contributed by atoms with Crippen LogP contribution >= 0.6 is 0 Å². The SMILES string of the molecule is CC1(C)c2ccccc2-c2c3c1cccc3cc1c2c2ccc3ccccc3c2n1-c1ccc2ccccc2c1. The van der Waals surface area contributed by atoms with Gasteiger partial charge in [0, 0.05) is 32.8 Å². The van der Waals surface area contributed by atoms with Crippen LogP contribution in [0.1, 0.15) is 25.0 Å². The highest BCUT2D eigenvalue weighted by Crippen LogP contribution is 2.53. The van der Waals surface area contributed by atoms with Gasteiger partial charge in [0.1, 0.15) is 0 Å². The van der Waals surface area contributed by atoms with Gasteiger partial charge in [-0.15, -0.1) is 0 Å². The van der Waals surface area contributed by atoms with E-state index in [0.717, 1.165) is 0 Å². The number of rotatable bonds is 1. The van der Waals surface area contributed by atoms with E-state index in [0.29, 0.717) is 0 Å². The summed E-state index contributed by atoms with van der Waals surface area (Å²) in [6, 6.07) is 47.4. The molecule has 0 unspecified atom stereocenters. The van der Waals surface area contributed by atoms with Crippen molar-refractivity contribution in [3.05, 3.63) is 139 Å². The van der Waals surface area contributed by atoms with Gasteiger partial charge in [-0.3, -0.25) is 0 Å². The maximum atomic E-state index is 2.52. The largest absolute Gasteiger partial charge is 0.309 e. The van der Waals surface area contributed by atoms with Crippen molar-refractivity contribution in [2.75, 3.05) is 0 Å². The number of hydrogen-bond donors (Lipinski definition) is 0. The van der Waals surface area contributed by atoms with E-state index in [1.807, 2.05) is 0 Å². The van der Waals surface area contributed by atoms with Crippen LogP contribution < -0.4 is 0 Å². The summed E-state index contributed by atoms with van der Waals surface area (Å²) in [7, 11) is 0. The second-order valence-corrected chi connectivity index (χ2v) is 11.8. The van der Waals surface area contributed by atoms with E-state index in [-0.39, 0.29) is 5.41 Å². The summed E-state index contributed by atoms with van der Waals surface area (Å²) in [5, 5.41) is 10.4. The van der Waals surface area contributed by atoms with E-state index in [2.05, 4.69) is 146 Å². The van der Waals surface area contributed by atoms with Crippen LogP contribution in [0.4, 0.5) is 0 Å². The van der Waals surface area contributed by atoms with Crippen molar-refractivity contribution < 1.29 is 0 Å². The molecule has 188 valence electrons. The Kier molecular flexibility index (Phi) is 4.18. The summed E-state index contributed by atoms with van der Waals surface area (Å²) < 4.78 is 2.52. The standard InChI is InChI=1S/C39H27N/c1-39(2)32-16-8-7-15-30(32)37-35-27(13-9-17-33(35)39)23-34-36(37)31-21-19-25-11-5-6-14-29(25)38(31)40(34)28-20-18-24-10-3-4-12-26(24)22-28/h3-23H,1-2H3. The number of benzene rings is 7. The minimum atomic E-state index is -0.0693. The van der Waals surface area contributed by atoms with Gasteiger partial charge in [-0.1, -0.05) is 123 Å². The van der Waals surface area contributed by atoms with Gasteiger partial charge in [-0.2, -0.15) is 0 Å². The molecule has 8 aromatic rings. The molecule has 0 radical (unpaired) electrons. The van der Waals surface area contributed by atoms with Crippen LogP contribution in [0.5, 0.6) is 0 Å². The van der Waals surface area contributed by atoms with Gasteiger partial charge in [0.25, 0.3) is 0 Å². The van der Waals surface area contributed by atoms with Gasteiger partial charge in [0.05, 0.1) is 11.0 Å². The van der Waals surface area contributed by atoms with E-state index in [1.165, 1.54) is 82.1 Å². The second kappa shape index (κ2) is 7.61. The minimum absolute atomic E-state index is 0.0693. The average Bonchev–Trinajstić information content (AvgIpc) is 3.33. The Morgan fingerprint density at radius 1 is 0.500 bits per heavy atom. The Labute approximate surface area is 232 Å². The van der Waals surface area contributed by atoms with Gasteiger partial charge in [0.2, 0.25) is 0 Å². The molecule has 0 spiro atoms. The zero-order valence-corrected chi connectivity index (χ0v) is 22.6. The Hall–Kier alpha value is -4.88. The third-order valence-corrected chi connectivity index (χ3v) is 9.31. The summed E-state index contributed by atoms with van der Waals surface area (Å²) in [6.45, 7) is 4.75. The van der Waals surface area contributed by atoms with E-state index >= 15 is 0 Å². The van der Waals surface area contributed by atoms with Gasteiger partial charge in [-0.05, 0) is 61.8 Å².